The summed E-state index contributed by atoms with van der Waals surface area (Å²) in [5, 5.41) is 6.66. The molecule has 2 amide bonds. The molecule has 0 spiro atoms. The lowest BCUT2D eigenvalue weighted by Gasteiger charge is -2.16. The van der Waals surface area contributed by atoms with E-state index >= 15 is 0 Å². The number of carbonyl (C=O) groups is 1. The Labute approximate surface area is 127 Å². The van der Waals surface area contributed by atoms with Crippen LogP contribution in [0.3, 0.4) is 0 Å². The lowest BCUT2D eigenvalue weighted by Crippen LogP contribution is -2.34. The molecule has 0 saturated carbocycles. The molecule has 1 aromatic carbocycles. The monoisotopic (exact) mass is 299 g/mol. The Hall–Kier alpha value is -2.73. The van der Waals surface area contributed by atoms with Gasteiger partial charge in [0.25, 0.3) is 0 Å². The molecule has 0 aliphatic rings. The van der Waals surface area contributed by atoms with Crippen LogP contribution in [0.1, 0.15) is 11.8 Å². The number of nitrogens with one attached hydrogen (secondary N) is 3. The number of aromatic amines is 1. The fourth-order valence-corrected chi connectivity index (χ4v) is 2.36. The van der Waals surface area contributed by atoms with Gasteiger partial charge in [-0.2, -0.15) is 0 Å². The average molecular weight is 299 g/mol. The first-order valence-corrected chi connectivity index (χ1v) is 6.94. The van der Waals surface area contributed by atoms with Gasteiger partial charge in [-0.25, -0.2) is 4.79 Å². The maximum Gasteiger partial charge on any atom is 0.319 e. The van der Waals surface area contributed by atoms with Crippen molar-refractivity contribution in [2.45, 2.75) is 6.04 Å². The zero-order chi connectivity index (χ0) is 15.4. The molecule has 6 nitrogen and oxygen atoms in total. The van der Waals surface area contributed by atoms with Gasteiger partial charge in [-0.1, -0.05) is 6.07 Å². The van der Waals surface area contributed by atoms with Crippen LogP contribution < -0.4 is 10.6 Å². The minimum atomic E-state index is -0.342. The minimum absolute atomic E-state index is 0.313. The van der Waals surface area contributed by atoms with Crippen molar-refractivity contribution in [3.05, 3.63) is 54.6 Å². The van der Waals surface area contributed by atoms with Gasteiger partial charge in [0.2, 0.25) is 0 Å². The van der Waals surface area contributed by atoms with Crippen molar-refractivity contribution < 1.29 is 13.9 Å². The normalized spacial score (nSPS) is 12.2. The summed E-state index contributed by atoms with van der Waals surface area (Å²) in [6.07, 6.45) is 3.41. The molecular weight excluding hydrogens is 282 g/mol. The van der Waals surface area contributed by atoms with Gasteiger partial charge in [-0.3, -0.25) is 0 Å². The summed E-state index contributed by atoms with van der Waals surface area (Å²) in [5.41, 5.74) is 1.71. The Morgan fingerprint density at radius 2 is 2.23 bits per heavy atom. The Morgan fingerprint density at radius 3 is 3.00 bits per heavy atom. The molecule has 0 aliphatic carbocycles. The Balaban J connectivity index is 1.72. The number of hydrogen-bond donors (Lipinski definition) is 3. The number of anilines is 1. The number of rotatable bonds is 5. The van der Waals surface area contributed by atoms with Crippen LogP contribution in [0.5, 0.6) is 0 Å². The van der Waals surface area contributed by atoms with E-state index in [1.807, 2.05) is 30.5 Å². The standard InChI is InChI=1S/C16H17N3O3/c1-21-10-14(15-6-3-9-22-15)19-16(20)18-13-5-2-4-12-11(13)7-8-17-12/h2-9,14,17H,10H2,1H3,(H2,18,19,20). The molecule has 22 heavy (non-hydrogen) atoms. The van der Waals surface area contributed by atoms with E-state index in [0.29, 0.717) is 12.4 Å². The van der Waals surface area contributed by atoms with Gasteiger partial charge >= 0.3 is 6.03 Å². The number of fused-ring (bicyclic) bond motifs is 1. The summed E-state index contributed by atoms with van der Waals surface area (Å²) in [6.45, 7) is 0.329. The molecule has 2 aromatic heterocycles. The Morgan fingerprint density at radius 1 is 1.32 bits per heavy atom. The van der Waals surface area contributed by atoms with E-state index in [4.69, 9.17) is 9.15 Å². The highest BCUT2D eigenvalue weighted by Gasteiger charge is 2.17. The zero-order valence-electron chi connectivity index (χ0n) is 12.1. The van der Waals surface area contributed by atoms with E-state index in [0.717, 1.165) is 16.6 Å². The van der Waals surface area contributed by atoms with Crippen molar-refractivity contribution >= 4 is 22.6 Å². The highest BCUT2D eigenvalue weighted by Crippen LogP contribution is 2.22. The van der Waals surface area contributed by atoms with Crippen molar-refractivity contribution in [2.75, 3.05) is 19.0 Å². The second-order valence-electron chi connectivity index (χ2n) is 4.87. The van der Waals surface area contributed by atoms with Crippen LogP contribution >= 0.6 is 0 Å². The van der Waals surface area contributed by atoms with Crippen molar-refractivity contribution in [1.82, 2.24) is 10.3 Å². The van der Waals surface area contributed by atoms with Crippen LogP contribution in [0.2, 0.25) is 0 Å². The van der Waals surface area contributed by atoms with Crippen LogP contribution in [-0.4, -0.2) is 24.7 Å². The van der Waals surface area contributed by atoms with Crippen molar-refractivity contribution in [2.24, 2.45) is 0 Å². The van der Waals surface area contributed by atoms with E-state index < -0.39 is 0 Å². The molecular formula is C16H17N3O3. The van der Waals surface area contributed by atoms with Crippen LogP contribution in [0.15, 0.2) is 53.3 Å². The van der Waals surface area contributed by atoms with Gasteiger partial charge < -0.3 is 24.8 Å². The molecule has 2 heterocycles. The summed E-state index contributed by atoms with van der Waals surface area (Å²) >= 11 is 0. The van der Waals surface area contributed by atoms with Crippen molar-refractivity contribution in [3.63, 3.8) is 0 Å². The summed E-state index contributed by atoms with van der Waals surface area (Å²) in [7, 11) is 1.58. The number of benzene rings is 1. The first-order valence-electron chi connectivity index (χ1n) is 6.94. The number of urea groups is 1. The highest BCUT2D eigenvalue weighted by atomic mass is 16.5. The fourth-order valence-electron chi connectivity index (χ4n) is 2.36. The van der Waals surface area contributed by atoms with Crippen LogP contribution in [0, 0.1) is 0 Å². The molecule has 0 fully saturated rings. The number of amides is 2. The van der Waals surface area contributed by atoms with Gasteiger partial charge in [0.05, 0.1) is 18.6 Å². The molecule has 3 aromatic rings. The van der Waals surface area contributed by atoms with Gasteiger partial charge in [-0.05, 0) is 30.3 Å². The van der Waals surface area contributed by atoms with Gasteiger partial charge in [0.15, 0.2) is 0 Å². The number of carbonyl (C=O) groups excluding carboxylic acids is 1. The van der Waals surface area contributed by atoms with E-state index in [1.165, 1.54) is 0 Å². The van der Waals surface area contributed by atoms with Crippen LogP contribution in [0.4, 0.5) is 10.5 Å². The lowest BCUT2D eigenvalue weighted by molar-refractivity contribution is 0.159. The SMILES string of the molecule is COCC(NC(=O)Nc1cccc2[nH]ccc12)c1ccco1. The zero-order valence-corrected chi connectivity index (χ0v) is 12.1. The Kier molecular flexibility index (Phi) is 4.11. The maximum absolute atomic E-state index is 12.2. The predicted molar refractivity (Wildman–Crippen MR) is 83.8 cm³/mol. The molecule has 114 valence electrons. The molecule has 0 radical (unpaired) electrons. The average Bonchev–Trinajstić information content (AvgIpc) is 3.18. The first kappa shape index (κ1) is 14.2. The smallest absolute Gasteiger partial charge is 0.319 e. The summed E-state index contributed by atoms with van der Waals surface area (Å²) in [6, 6.07) is 10.5. The molecule has 6 heteroatoms. The largest absolute Gasteiger partial charge is 0.467 e. The number of aromatic nitrogens is 1. The van der Waals surface area contributed by atoms with Crippen molar-refractivity contribution in [3.8, 4) is 0 Å². The topological polar surface area (TPSA) is 79.3 Å². The molecule has 3 N–H and O–H groups in total. The van der Waals surface area contributed by atoms with Crippen molar-refractivity contribution in [1.29, 1.82) is 0 Å². The highest BCUT2D eigenvalue weighted by molar-refractivity contribution is 6.00. The Bertz CT molecular complexity index is 749. The summed E-state index contributed by atoms with van der Waals surface area (Å²) in [4.78, 5) is 15.3. The number of furan rings is 1. The fraction of sp³-hybridized carbons (Fsp3) is 0.188. The third kappa shape index (κ3) is 2.96. The first-order chi connectivity index (χ1) is 10.8. The summed E-state index contributed by atoms with van der Waals surface area (Å²) < 4.78 is 10.5. The molecule has 1 atom stereocenters. The quantitative estimate of drug-likeness (QED) is 0.676. The maximum atomic E-state index is 12.2. The number of ether oxygens (including phenoxy) is 1. The minimum Gasteiger partial charge on any atom is -0.467 e. The van der Waals surface area contributed by atoms with E-state index in [9.17, 15) is 4.79 Å². The second-order valence-corrected chi connectivity index (χ2v) is 4.87. The lowest BCUT2D eigenvalue weighted by atomic mass is 10.2. The molecule has 0 saturated heterocycles. The number of hydrogen-bond acceptors (Lipinski definition) is 3. The van der Waals surface area contributed by atoms with Gasteiger partial charge in [-0.15, -0.1) is 0 Å². The third-order valence-electron chi connectivity index (χ3n) is 3.37. The molecule has 1 unspecified atom stereocenters. The van der Waals surface area contributed by atoms with Gasteiger partial charge in [0, 0.05) is 24.2 Å². The molecule has 3 rings (SSSR count). The second kappa shape index (κ2) is 6.36. The molecule has 0 bridgehead atoms. The predicted octanol–water partition coefficient (Wildman–Crippen LogP) is 3.27. The number of methoxy groups -OCH3 is 1. The van der Waals surface area contributed by atoms with E-state index in [1.54, 1.807) is 25.5 Å². The van der Waals surface area contributed by atoms with Crippen LogP contribution in [-0.2, 0) is 4.74 Å². The van der Waals surface area contributed by atoms with Crippen LogP contribution in [0.25, 0.3) is 10.9 Å². The van der Waals surface area contributed by atoms with E-state index in [2.05, 4.69) is 15.6 Å². The van der Waals surface area contributed by atoms with E-state index in [-0.39, 0.29) is 12.1 Å². The number of H-pyrrole nitrogens is 1. The van der Waals surface area contributed by atoms with Gasteiger partial charge in [0.1, 0.15) is 11.8 Å². The summed E-state index contributed by atoms with van der Waals surface area (Å²) in [5.74, 6) is 0.650. The molecule has 0 aliphatic heterocycles. The third-order valence-corrected chi connectivity index (χ3v) is 3.37.